The Morgan fingerprint density at radius 3 is 1.52 bits per heavy atom. The van der Waals surface area contributed by atoms with Gasteiger partial charge in [0, 0.05) is 17.8 Å². The van der Waals surface area contributed by atoms with Crippen molar-refractivity contribution in [3.05, 3.63) is 58.7 Å². The molecular formula is C15H14N2O4. The van der Waals surface area contributed by atoms with Crippen molar-refractivity contribution < 1.29 is 19.8 Å². The molecule has 0 aromatic heterocycles. The molecule has 0 bridgehead atoms. The highest BCUT2D eigenvalue weighted by molar-refractivity contribution is 5.95. The molecule has 2 aromatic rings. The minimum atomic E-state index is -1.11. The monoisotopic (exact) mass is 286 g/mol. The molecule has 0 aliphatic carbocycles. The van der Waals surface area contributed by atoms with Crippen LogP contribution in [0, 0.1) is 0 Å². The Hall–Kier alpha value is -3.02. The molecule has 0 unspecified atom stereocenters. The van der Waals surface area contributed by atoms with Crippen LogP contribution in [0.1, 0.15) is 31.8 Å². The van der Waals surface area contributed by atoms with Crippen molar-refractivity contribution >= 4 is 23.3 Å². The number of carboxylic acids is 2. The lowest BCUT2D eigenvalue weighted by Gasteiger charge is -2.11. The second-order valence-corrected chi connectivity index (χ2v) is 4.54. The SMILES string of the molecule is Nc1c(Cc2cccc(C(=O)O)c2N)cccc1C(=O)O. The third kappa shape index (κ3) is 2.79. The van der Waals surface area contributed by atoms with E-state index >= 15 is 0 Å². The van der Waals surface area contributed by atoms with E-state index in [9.17, 15) is 9.59 Å². The van der Waals surface area contributed by atoms with E-state index in [1.165, 1.54) is 12.1 Å². The van der Waals surface area contributed by atoms with E-state index in [0.717, 1.165) is 0 Å². The van der Waals surface area contributed by atoms with Crippen molar-refractivity contribution in [1.29, 1.82) is 0 Å². The third-order valence-corrected chi connectivity index (χ3v) is 3.23. The van der Waals surface area contributed by atoms with Crippen LogP contribution in [0.15, 0.2) is 36.4 Å². The highest BCUT2D eigenvalue weighted by atomic mass is 16.4. The first-order chi connectivity index (χ1) is 9.91. The molecule has 6 nitrogen and oxygen atoms in total. The number of nitrogens with two attached hydrogens (primary N) is 2. The van der Waals surface area contributed by atoms with Gasteiger partial charge in [-0.15, -0.1) is 0 Å². The number of hydrogen-bond acceptors (Lipinski definition) is 4. The van der Waals surface area contributed by atoms with Crippen molar-refractivity contribution in [3.63, 3.8) is 0 Å². The minimum Gasteiger partial charge on any atom is -0.478 e. The van der Waals surface area contributed by atoms with Crippen LogP contribution in [0.2, 0.25) is 0 Å². The number of nitrogen functional groups attached to an aromatic ring is 2. The van der Waals surface area contributed by atoms with Crippen LogP contribution in [-0.4, -0.2) is 22.2 Å². The van der Waals surface area contributed by atoms with Gasteiger partial charge in [-0.1, -0.05) is 24.3 Å². The summed E-state index contributed by atoms with van der Waals surface area (Å²) < 4.78 is 0. The summed E-state index contributed by atoms with van der Waals surface area (Å²) in [5, 5.41) is 18.1. The number of aromatic carboxylic acids is 2. The van der Waals surface area contributed by atoms with Crippen LogP contribution < -0.4 is 11.5 Å². The fraction of sp³-hybridized carbons (Fsp3) is 0.0667. The standard InChI is InChI=1S/C15H14N2O4/c16-12-8(3-1-5-10(12)14(18)19)7-9-4-2-6-11(13(9)17)15(20)21/h1-6H,7,16-17H2,(H,18,19)(H,20,21). The van der Waals surface area contributed by atoms with Crippen molar-refractivity contribution in [2.24, 2.45) is 0 Å². The summed E-state index contributed by atoms with van der Waals surface area (Å²) in [5.74, 6) is -2.22. The summed E-state index contributed by atoms with van der Waals surface area (Å²) >= 11 is 0. The molecule has 0 radical (unpaired) electrons. The third-order valence-electron chi connectivity index (χ3n) is 3.23. The Morgan fingerprint density at radius 1 is 0.810 bits per heavy atom. The summed E-state index contributed by atoms with van der Waals surface area (Å²) in [7, 11) is 0. The van der Waals surface area contributed by atoms with Crippen molar-refractivity contribution in [2.45, 2.75) is 6.42 Å². The van der Waals surface area contributed by atoms with Gasteiger partial charge in [-0.3, -0.25) is 0 Å². The van der Waals surface area contributed by atoms with Crippen LogP contribution in [0.5, 0.6) is 0 Å². The molecule has 6 N–H and O–H groups in total. The maximum atomic E-state index is 11.1. The normalized spacial score (nSPS) is 10.3. The summed E-state index contributed by atoms with van der Waals surface area (Å²) in [6, 6.07) is 9.39. The predicted octanol–water partition coefficient (Wildman–Crippen LogP) is 1.84. The molecule has 0 aliphatic heterocycles. The van der Waals surface area contributed by atoms with E-state index in [2.05, 4.69) is 0 Å². The molecule has 0 atom stereocenters. The fourth-order valence-electron chi connectivity index (χ4n) is 2.11. The Kier molecular flexibility index (Phi) is 3.80. The van der Waals surface area contributed by atoms with Crippen LogP contribution in [0.25, 0.3) is 0 Å². The number of rotatable bonds is 4. The fourth-order valence-corrected chi connectivity index (χ4v) is 2.11. The largest absolute Gasteiger partial charge is 0.478 e. The average molecular weight is 286 g/mol. The summed E-state index contributed by atoms with van der Waals surface area (Å²) in [5.41, 5.74) is 13.2. The molecule has 0 spiro atoms. The highest BCUT2D eigenvalue weighted by Crippen LogP contribution is 2.25. The maximum absolute atomic E-state index is 11.1. The molecule has 0 amide bonds. The molecule has 21 heavy (non-hydrogen) atoms. The summed E-state index contributed by atoms with van der Waals surface area (Å²) in [6.45, 7) is 0. The van der Waals surface area contributed by atoms with E-state index in [4.69, 9.17) is 21.7 Å². The second-order valence-electron chi connectivity index (χ2n) is 4.54. The van der Waals surface area contributed by atoms with Gasteiger partial charge < -0.3 is 21.7 Å². The zero-order chi connectivity index (χ0) is 15.6. The van der Waals surface area contributed by atoms with Gasteiger partial charge in [-0.2, -0.15) is 0 Å². The molecule has 2 aromatic carbocycles. The maximum Gasteiger partial charge on any atom is 0.337 e. The van der Waals surface area contributed by atoms with Gasteiger partial charge in [0.05, 0.1) is 11.1 Å². The van der Waals surface area contributed by atoms with Crippen molar-refractivity contribution in [3.8, 4) is 0 Å². The Bertz CT molecular complexity index is 664. The summed E-state index contributed by atoms with van der Waals surface area (Å²) in [6.07, 6.45) is 0.264. The molecule has 0 heterocycles. The topological polar surface area (TPSA) is 127 Å². The lowest BCUT2D eigenvalue weighted by atomic mass is 9.97. The molecule has 0 saturated carbocycles. The molecular weight excluding hydrogens is 272 g/mol. The van der Waals surface area contributed by atoms with Crippen LogP contribution >= 0.6 is 0 Å². The molecule has 0 fully saturated rings. The lowest BCUT2D eigenvalue weighted by Crippen LogP contribution is -2.08. The molecule has 0 aliphatic rings. The van der Waals surface area contributed by atoms with Crippen molar-refractivity contribution in [2.75, 3.05) is 11.5 Å². The van der Waals surface area contributed by atoms with Gasteiger partial charge in [0.25, 0.3) is 0 Å². The second kappa shape index (κ2) is 5.54. The molecule has 108 valence electrons. The Balaban J connectivity index is 2.44. The van der Waals surface area contributed by atoms with E-state index in [1.807, 2.05) is 0 Å². The van der Waals surface area contributed by atoms with Gasteiger partial charge >= 0.3 is 11.9 Å². The van der Waals surface area contributed by atoms with Crippen LogP contribution in [0.4, 0.5) is 11.4 Å². The first kappa shape index (κ1) is 14.4. The number of carbonyl (C=O) groups is 2. The highest BCUT2D eigenvalue weighted by Gasteiger charge is 2.15. The van der Waals surface area contributed by atoms with E-state index < -0.39 is 11.9 Å². The summed E-state index contributed by atoms with van der Waals surface area (Å²) in [4.78, 5) is 22.1. The first-order valence-corrected chi connectivity index (χ1v) is 6.13. The zero-order valence-corrected chi connectivity index (χ0v) is 11.0. The molecule has 6 heteroatoms. The number of hydrogen-bond donors (Lipinski definition) is 4. The Morgan fingerprint density at radius 2 is 1.19 bits per heavy atom. The van der Waals surface area contributed by atoms with Gasteiger partial charge in [0.15, 0.2) is 0 Å². The first-order valence-electron chi connectivity index (χ1n) is 6.13. The van der Waals surface area contributed by atoms with Crippen LogP contribution in [-0.2, 0) is 6.42 Å². The quantitative estimate of drug-likeness (QED) is 0.635. The number of benzene rings is 2. The number of para-hydroxylation sites is 2. The molecule has 2 rings (SSSR count). The molecule has 0 saturated heterocycles. The smallest absolute Gasteiger partial charge is 0.337 e. The Labute approximate surface area is 120 Å². The average Bonchev–Trinajstić information content (AvgIpc) is 2.42. The van der Waals surface area contributed by atoms with Gasteiger partial charge in [0.2, 0.25) is 0 Å². The zero-order valence-electron chi connectivity index (χ0n) is 11.0. The predicted molar refractivity (Wildman–Crippen MR) is 78.4 cm³/mol. The van der Waals surface area contributed by atoms with Crippen LogP contribution in [0.3, 0.4) is 0 Å². The minimum absolute atomic E-state index is 0.0143. The van der Waals surface area contributed by atoms with E-state index in [-0.39, 0.29) is 28.9 Å². The van der Waals surface area contributed by atoms with Gasteiger partial charge in [-0.25, -0.2) is 9.59 Å². The van der Waals surface area contributed by atoms with E-state index in [1.54, 1.807) is 24.3 Å². The van der Waals surface area contributed by atoms with Crippen molar-refractivity contribution in [1.82, 2.24) is 0 Å². The number of carboxylic acid groups (broad SMARTS) is 2. The van der Waals surface area contributed by atoms with Gasteiger partial charge in [0.1, 0.15) is 0 Å². The number of anilines is 2. The van der Waals surface area contributed by atoms with E-state index in [0.29, 0.717) is 11.1 Å². The lowest BCUT2D eigenvalue weighted by molar-refractivity contribution is 0.0687. The van der Waals surface area contributed by atoms with Gasteiger partial charge in [-0.05, 0) is 23.3 Å².